The summed E-state index contributed by atoms with van der Waals surface area (Å²) in [6.07, 6.45) is 0.153. The average molecular weight is 185 g/mol. The van der Waals surface area contributed by atoms with Crippen LogP contribution in [-0.4, -0.2) is 10.2 Å². The fraction of sp³-hybridized carbons (Fsp3) is 0.100. The van der Waals surface area contributed by atoms with Gasteiger partial charge >= 0.3 is 0 Å². The molecule has 68 valence electrons. The average Bonchev–Trinajstić information content (AvgIpc) is 2.68. The zero-order valence-corrected chi connectivity index (χ0v) is 7.34. The molecule has 1 aromatic carbocycles. The van der Waals surface area contributed by atoms with Gasteiger partial charge in [-0.05, 0) is 12.1 Å². The van der Waals surface area contributed by atoms with E-state index in [9.17, 15) is 0 Å². The van der Waals surface area contributed by atoms with Crippen molar-refractivity contribution < 1.29 is 4.42 Å². The molecule has 0 spiro atoms. The van der Waals surface area contributed by atoms with Crippen LogP contribution in [0, 0.1) is 11.3 Å². The van der Waals surface area contributed by atoms with Gasteiger partial charge in [0, 0.05) is 5.56 Å². The van der Waals surface area contributed by atoms with Crippen molar-refractivity contribution in [3.8, 4) is 17.5 Å². The van der Waals surface area contributed by atoms with Crippen molar-refractivity contribution in [3.63, 3.8) is 0 Å². The van der Waals surface area contributed by atoms with Crippen molar-refractivity contribution in [2.24, 2.45) is 0 Å². The first-order valence-corrected chi connectivity index (χ1v) is 4.15. The third-order valence-corrected chi connectivity index (χ3v) is 1.72. The molecule has 1 aromatic heterocycles. The second-order valence-corrected chi connectivity index (χ2v) is 2.70. The largest absolute Gasteiger partial charge is 0.420 e. The molecule has 0 aliphatic rings. The summed E-state index contributed by atoms with van der Waals surface area (Å²) in [5.41, 5.74) is 0.865. The highest BCUT2D eigenvalue weighted by atomic mass is 16.4. The van der Waals surface area contributed by atoms with Crippen molar-refractivity contribution in [2.75, 3.05) is 0 Å². The van der Waals surface area contributed by atoms with E-state index in [1.807, 2.05) is 36.4 Å². The molecule has 0 amide bonds. The van der Waals surface area contributed by atoms with E-state index in [1.54, 1.807) is 0 Å². The van der Waals surface area contributed by atoms with Crippen LogP contribution < -0.4 is 0 Å². The second-order valence-electron chi connectivity index (χ2n) is 2.70. The van der Waals surface area contributed by atoms with Crippen LogP contribution in [0.4, 0.5) is 0 Å². The standard InChI is InChI=1S/C10H7N3O/c11-7-6-9-12-13-10(14-9)8-4-2-1-3-5-8/h1-5H,6H2. The zero-order chi connectivity index (χ0) is 9.80. The Labute approximate surface area is 80.8 Å². The molecule has 0 fully saturated rings. The molecule has 2 aromatic rings. The highest BCUT2D eigenvalue weighted by molar-refractivity contribution is 5.51. The Bertz CT molecular complexity index is 456. The van der Waals surface area contributed by atoms with Gasteiger partial charge in [0.05, 0.1) is 6.07 Å². The van der Waals surface area contributed by atoms with Crippen molar-refractivity contribution in [1.29, 1.82) is 5.26 Å². The van der Waals surface area contributed by atoms with Crippen LogP contribution in [0.2, 0.25) is 0 Å². The van der Waals surface area contributed by atoms with E-state index in [0.717, 1.165) is 5.56 Å². The summed E-state index contributed by atoms with van der Waals surface area (Å²) in [6, 6.07) is 11.4. The molecule has 14 heavy (non-hydrogen) atoms. The Morgan fingerprint density at radius 3 is 2.71 bits per heavy atom. The molecule has 0 N–H and O–H groups in total. The van der Waals surface area contributed by atoms with Gasteiger partial charge in [0.15, 0.2) is 0 Å². The van der Waals surface area contributed by atoms with Gasteiger partial charge in [-0.25, -0.2) is 0 Å². The highest BCUT2D eigenvalue weighted by Gasteiger charge is 2.06. The van der Waals surface area contributed by atoms with Gasteiger partial charge in [-0.3, -0.25) is 0 Å². The predicted molar refractivity (Wildman–Crippen MR) is 49.1 cm³/mol. The Morgan fingerprint density at radius 2 is 2.00 bits per heavy atom. The Morgan fingerprint density at radius 1 is 1.21 bits per heavy atom. The Kier molecular flexibility index (Phi) is 2.24. The SMILES string of the molecule is N#CCc1nnc(-c2ccccc2)o1. The summed E-state index contributed by atoms with van der Waals surface area (Å²) in [7, 11) is 0. The molecule has 0 radical (unpaired) electrons. The Hall–Kier alpha value is -2.15. The minimum atomic E-state index is 0.153. The van der Waals surface area contributed by atoms with Crippen LogP contribution in [0.3, 0.4) is 0 Å². The third-order valence-electron chi connectivity index (χ3n) is 1.72. The lowest BCUT2D eigenvalue weighted by Crippen LogP contribution is -1.78. The fourth-order valence-electron chi connectivity index (χ4n) is 1.09. The molecule has 0 atom stereocenters. The van der Waals surface area contributed by atoms with E-state index in [2.05, 4.69) is 10.2 Å². The summed E-state index contributed by atoms with van der Waals surface area (Å²) in [5.74, 6) is 0.808. The van der Waals surface area contributed by atoms with Gasteiger partial charge in [-0.2, -0.15) is 5.26 Å². The number of aromatic nitrogens is 2. The van der Waals surface area contributed by atoms with Crippen molar-refractivity contribution in [3.05, 3.63) is 36.2 Å². The number of rotatable bonds is 2. The lowest BCUT2D eigenvalue weighted by molar-refractivity contribution is 0.522. The molecular weight excluding hydrogens is 178 g/mol. The van der Waals surface area contributed by atoms with Gasteiger partial charge in [0.1, 0.15) is 6.42 Å². The second kappa shape index (κ2) is 3.71. The normalized spacial score (nSPS) is 9.64. The summed E-state index contributed by atoms with van der Waals surface area (Å²) < 4.78 is 5.27. The van der Waals surface area contributed by atoms with Crippen LogP contribution in [0.5, 0.6) is 0 Å². The van der Waals surface area contributed by atoms with Crippen LogP contribution in [0.25, 0.3) is 11.5 Å². The molecular formula is C10H7N3O. The molecule has 0 bridgehead atoms. The summed E-state index contributed by atoms with van der Waals surface area (Å²) >= 11 is 0. The molecule has 0 unspecified atom stereocenters. The van der Waals surface area contributed by atoms with Crippen molar-refractivity contribution >= 4 is 0 Å². The monoisotopic (exact) mass is 185 g/mol. The first-order chi connectivity index (χ1) is 6.90. The maximum absolute atomic E-state index is 8.42. The molecule has 1 heterocycles. The minimum absolute atomic E-state index is 0.153. The number of hydrogen-bond acceptors (Lipinski definition) is 4. The summed E-state index contributed by atoms with van der Waals surface area (Å²) in [5, 5.41) is 16.0. The van der Waals surface area contributed by atoms with Gasteiger partial charge in [0.2, 0.25) is 11.8 Å². The number of benzene rings is 1. The summed E-state index contributed by atoms with van der Waals surface area (Å²) in [6.45, 7) is 0. The van der Waals surface area contributed by atoms with Gasteiger partial charge in [-0.15, -0.1) is 10.2 Å². The van der Waals surface area contributed by atoms with Gasteiger partial charge in [0.25, 0.3) is 0 Å². The predicted octanol–water partition coefficient (Wildman–Crippen LogP) is 1.80. The molecule has 0 aliphatic carbocycles. The smallest absolute Gasteiger partial charge is 0.247 e. The number of nitrogens with zero attached hydrogens (tertiary/aromatic N) is 3. The topological polar surface area (TPSA) is 62.7 Å². The van der Waals surface area contributed by atoms with Crippen LogP contribution in [0.15, 0.2) is 34.7 Å². The van der Waals surface area contributed by atoms with E-state index in [4.69, 9.17) is 9.68 Å². The molecule has 0 saturated heterocycles. The summed E-state index contributed by atoms with van der Waals surface area (Å²) in [4.78, 5) is 0. The molecule has 4 nitrogen and oxygen atoms in total. The van der Waals surface area contributed by atoms with E-state index in [1.165, 1.54) is 0 Å². The lowest BCUT2D eigenvalue weighted by atomic mass is 10.2. The van der Waals surface area contributed by atoms with E-state index in [0.29, 0.717) is 11.8 Å². The first kappa shape index (κ1) is 8.45. The minimum Gasteiger partial charge on any atom is -0.420 e. The van der Waals surface area contributed by atoms with E-state index < -0.39 is 0 Å². The van der Waals surface area contributed by atoms with Crippen LogP contribution >= 0.6 is 0 Å². The number of nitriles is 1. The molecule has 0 aliphatic heterocycles. The maximum atomic E-state index is 8.42. The van der Waals surface area contributed by atoms with Gasteiger partial charge in [-0.1, -0.05) is 18.2 Å². The van der Waals surface area contributed by atoms with E-state index in [-0.39, 0.29) is 6.42 Å². The zero-order valence-electron chi connectivity index (χ0n) is 7.34. The molecule has 2 rings (SSSR count). The van der Waals surface area contributed by atoms with Crippen LogP contribution in [0.1, 0.15) is 5.89 Å². The van der Waals surface area contributed by atoms with Crippen LogP contribution in [-0.2, 0) is 6.42 Å². The quantitative estimate of drug-likeness (QED) is 0.715. The van der Waals surface area contributed by atoms with Crippen molar-refractivity contribution in [2.45, 2.75) is 6.42 Å². The molecule has 4 heteroatoms. The first-order valence-electron chi connectivity index (χ1n) is 4.15. The van der Waals surface area contributed by atoms with Crippen molar-refractivity contribution in [1.82, 2.24) is 10.2 Å². The molecule has 0 saturated carbocycles. The van der Waals surface area contributed by atoms with Gasteiger partial charge < -0.3 is 4.42 Å². The Balaban J connectivity index is 2.31. The van der Waals surface area contributed by atoms with E-state index >= 15 is 0 Å². The highest BCUT2D eigenvalue weighted by Crippen LogP contribution is 2.16. The lowest BCUT2D eigenvalue weighted by Gasteiger charge is -1.90. The maximum Gasteiger partial charge on any atom is 0.247 e. The number of hydrogen-bond donors (Lipinski definition) is 0. The fourth-order valence-corrected chi connectivity index (χ4v) is 1.09. The third kappa shape index (κ3) is 1.62.